The minimum absolute atomic E-state index is 0.0157. The molecule has 122 valence electrons. The van der Waals surface area contributed by atoms with E-state index in [9.17, 15) is 9.90 Å². The molecule has 2 heterocycles. The summed E-state index contributed by atoms with van der Waals surface area (Å²) in [6, 6.07) is 9.13. The van der Waals surface area contributed by atoms with Crippen molar-refractivity contribution in [2.24, 2.45) is 10.2 Å². The molecule has 0 fully saturated rings. The van der Waals surface area contributed by atoms with Gasteiger partial charge < -0.3 is 9.67 Å². The molecule has 3 rings (SSSR count). The first-order valence-electron chi connectivity index (χ1n) is 7.48. The smallest absolute Gasteiger partial charge is 0.297 e. The van der Waals surface area contributed by atoms with Crippen LogP contribution in [0.2, 0.25) is 0 Å². The summed E-state index contributed by atoms with van der Waals surface area (Å²) < 4.78 is 2.46. The minimum atomic E-state index is -0.518. The molecular weight excluding hydrogens is 372 g/mol. The van der Waals surface area contributed by atoms with Crippen molar-refractivity contribution in [3.05, 3.63) is 52.8 Å². The Bertz CT molecular complexity index is 933. The van der Waals surface area contributed by atoms with Gasteiger partial charge in [0, 0.05) is 28.8 Å². The van der Waals surface area contributed by atoms with Gasteiger partial charge in [0.15, 0.2) is 5.69 Å². The Morgan fingerprint density at radius 3 is 2.88 bits per heavy atom. The van der Waals surface area contributed by atoms with E-state index in [1.54, 1.807) is 16.8 Å². The van der Waals surface area contributed by atoms with E-state index in [-0.39, 0.29) is 5.88 Å². The van der Waals surface area contributed by atoms with E-state index in [0.717, 1.165) is 17.3 Å². The van der Waals surface area contributed by atoms with Gasteiger partial charge in [0.05, 0.1) is 11.1 Å². The fourth-order valence-corrected chi connectivity index (χ4v) is 2.87. The Hall–Kier alpha value is -2.54. The number of nitrogens with zero attached hydrogens (tertiary/aromatic N) is 4. The summed E-state index contributed by atoms with van der Waals surface area (Å²) in [5.41, 5.74) is 1.49. The van der Waals surface area contributed by atoms with Crippen LogP contribution in [0.3, 0.4) is 0 Å². The molecule has 0 unspecified atom stereocenters. The summed E-state index contributed by atoms with van der Waals surface area (Å²) in [6.07, 6.45) is 3.87. The molecule has 0 aliphatic carbocycles. The SMILES string of the molecule is CCCn1c(O)c(N=NC(=O)c2cncc(Br)c2)c2ccccc21. The van der Waals surface area contributed by atoms with Gasteiger partial charge in [-0.15, -0.1) is 10.2 Å². The molecule has 1 N–H and O–H groups in total. The zero-order valence-electron chi connectivity index (χ0n) is 13.0. The van der Waals surface area contributed by atoms with Crippen LogP contribution in [0.15, 0.2) is 57.4 Å². The van der Waals surface area contributed by atoms with Gasteiger partial charge in [0.1, 0.15) is 0 Å². The monoisotopic (exact) mass is 386 g/mol. The van der Waals surface area contributed by atoms with Crippen molar-refractivity contribution in [1.82, 2.24) is 9.55 Å². The van der Waals surface area contributed by atoms with Crippen LogP contribution in [0.25, 0.3) is 10.9 Å². The van der Waals surface area contributed by atoms with E-state index in [2.05, 4.69) is 31.1 Å². The highest BCUT2D eigenvalue weighted by molar-refractivity contribution is 9.10. The predicted molar refractivity (Wildman–Crippen MR) is 94.7 cm³/mol. The largest absolute Gasteiger partial charge is 0.493 e. The zero-order valence-corrected chi connectivity index (χ0v) is 14.6. The molecule has 2 aromatic heterocycles. The molecule has 0 aliphatic heterocycles. The molecule has 0 saturated carbocycles. The third kappa shape index (κ3) is 3.07. The van der Waals surface area contributed by atoms with Gasteiger partial charge in [0.25, 0.3) is 5.91 Å². The number of rotatable bonds is 4. The van der Waals surface area contributed by atoms with Crippen molar-refractivity contribution in [2.45, 2.75) is 19.9 Å². The maximum absolute atomic E-state index is 12.1. The summed E-state index contributed by atoms with van der Waals surface area (Å²) >= 11 is 3.26. The molecule has 0 radical (unpaired) electrons. The number of azo groups is 1. The molecule has 0 aliphatic rings. The fraction of sp³-hybridized carbons (Fsp3) is 0.176. The van der Waals surface area contributed by atoms with Gasteiger partial charge in [0.2, 0.25) is 5.88 Å². The van der Waals surface area contributed by atoms with Gasteiger partial charge >= 0.3 is 0 Å². The number of aryl methyl sites for hydroxylation is 1. The van der Waals surface area contributed by atoms with E-state index in [1.807, 2.05) is 31.2 Å². The Labute approximate surface area is 147 Å². The summed E-state index contributed by atoms with van der Waals surface area (Å²) in [4.78, 5) is 16.1. The van der Waals surface area contributed by atoms with Crippen LogP contribution in [0.1, 0.15) is 23.7 Å². The molecule has 0 bridgehead atoms. The lowest BCUT2D eigenvalue weighted by Crippen LogP contribution is -1.95. The van der Waals surface area contributed by atoms with E-state index in [0.29, 0.717) is 22.3 Å². The number of aromatic nitrogens is 2. The topological polar surface area (TPSA) is 79.8 Å². The van der Waals surface area contributed by atoms with Crippen LogP contribution in [-0.4, -0.2) is 20.6 Å². The van der Waals surface area contributed by atoms with Gasteiger partial charge in [-0.3, -0.25) is 9.78 Å². The molecule has 24 heavy (non-hydrogen) atoms. The van der Waals surface area contributed by atoms with E-state index in [4.69, 9.17) is 0 Å². The molecule has 6 nitrogen and oxygen atoms in total. The number of benzene rings is 1. The predicted octanol–water partition coefficient (Wildman–Crippen LogP) is 4.84. The van der Waals surface area contributed by atoms with E-state index in [1.165, 1.54) is 6.20 Å². The summed E-state index contributed by atoms with van der Waals surface area (Å²) in [5.74, 6) is -0.502. The van der Waals surface area contributed by atoms with E-state index < -0.39 is 5.91 Å². The number of halogens is 1. The van der Waals surface area contributed by atoms with Crippen LogP contribution in [0.4, 0.5) is 5.69 Å². The van der Waals surface area contributed by atoms with Crippen molar-refractivity contribution < 1.29 is 9.90 Å². The molecule has 0 saturated heterocycles. The van der Waals surface area contributed by atoms with Crippen LogP contribution >= 0.6 is 15.9 Å². The first kappa shape index (κ1) is 16.3. The van der Waals surface area contributed by atoms with Gasteiger partial charge in [-0.25, -0.2) is 0 Å². The maximum Gasteiger partial charge on any atom is 0.297 e. The van der Waals surface area contributed by atoms with Gasteiger partial charge in [-0.05, 0) is 34.5 Å². The van der Waals surface area contributed by atoms with Crippen molar-refractivity contribution in [3.63, 3.8) is 0 Å². The zero-order chi connectivity index (χ0) is 17.1. The Morgan fingerprint density at radius 1 is 1.33 bits per heavy atom. The minimum Gasteiger partial charge on any atom is -0.493 e. The van der Waals surface area contributed by atoms with Crippen molar-refractivity contribution in [1.29, 1.82) is 0 Å². The number of para-hydroxylation sites is 1. The van der Waals surface area contributed by atoms with Gasteiger partial charge in [-0.2, -0.15) is 0 Å². The quantitative estimate of drug-likeness (QED) is 0.651. The summed E-state index contributed by atoms with van der Waals surface area (Å²) in [7, 11) is 0. The molecule has 1 amide bonds. The van der Waals surface area contributed by atoms with Crippen molar-refractivity contribution in [3.8, 4) is 5.88 Å². The average molecular weight is 387 g/mol. The second kappa shape index (κ2) is 6.92. The van der Waals surface area contributed by atoms with Crippen molar-refractivity contribution in [2.75, 3.05) is 0 Å². The van der Waals surface area contributed by atoms with Crippen LogP contribution in [0, 0.1) is 0 Å². The number of fused-ring (bicyclic) bond motifs is 1. The number of hydrogen-bond donors (Lipinski definition) is 1. The normalized spacial score (nSPS) is 11.4. The van der Waals surface area contributed by atoms with Crippen LogP contribution in [-0.2, 0) is 6.54 Å². The Kier molecular flexibility index (Phi) is 4.71. The second-order valence-electron chi connectivity index (χ2n) is 5.24. The lowest BCUT2D eigenvalue weighted by Gasteiger charge is -2.03. The summed E-state index contributed by atoms with van der Waals surface area (Å²) in [6.45, 7) is 2.69. The van der Waals surface area contributed by atoms with Crippen LogP contribution in [0.5, 0.6) is 5.88 Å². The maximum atomic E-state index is 12.1. The first-order chi connectivity index (χ1) is 11.6. The third-order valence-corrected chi connectivity index (χ3v) is 3.99. The standard InChI is InChI=1S/C17H15BrN4O2/c1-2-7-22-14-6-4-3-5-13(14)15(17(22)24)20-21-16(23)11-8-12(18)10-19-9-11/h3-6,8-10,24H,2,7H2,1H3. The fourth-order valence-electron chi connectivity index (χ4n) is 2.50. The number of carbonyl (C=O) groups is 1. The van der Waals surface area contributed by atoms with Crippen LogP contribution < -0.4 is 0 Å². The molecule has 0 atom stereocenters. The molecular formula is C17H15BrN4O2. The second-order valence-corrected chi connectivity index (χ2v) is 6.15. The Balaban J connectivity index is 2.01. The van der Waals surface area contributed by atoms with Gasteiger partial charge in [-0.1, -0.05) is 25.1 Å². The number of aromatic hydroxyl groups is 1. The number of carbonyl (C=O) groups excluding carboxylic acids is 1. The highest BCUT2D eigenvalue weighted by Gasteiger charge is 2.16. The Morgan fingerprint density at radius 2 is 2.12 bits per heavy atom. The highest BCUT2D eigenvalue weighted by Crippen LogP contribution is 2.38. The lowest BCUT2D eigenvalue weighted by atomic mass is 10.2. The third-order valence-electron chi connectivity index (χ3n) is 3.56. The highest BCUT2D eigenvalue weighted by atomic mass is 79.9. The molecule has 1 aromatic carbocycles. The average Bonchev–Trinajstić information content (AvgIpc) is 2.85. The van der Waals surface area contributed by atoms with Crippen molar-refractivity contribution >= 4 is 38.4 Å². The van der Waals surface area contributed by atoms with E-state index >= 15 is 0 Å². The first-order valence-corrected chi connectivity index (χ1v) is 8.28. The lowest BCUT2D eigenvalue weighted by molar-refractivity contribution is 0.0994. The summed E-state index contributed by atoms with van der Waals surface area (Å²) in [5, 5.41) is 19.0. The number of amides is 1. The molecule has 7 heteroatoms. The number of hydrogen-bond acceptors (Lipinski definition) is 4. The molecule has 3 aromatic rings. The number of pyridine rings is 1. The molecule has 0 spiro atoms.